The summed E-state index contributed by atoms with van der Waals surface area (Å²) in [5, 5.41) is 3.03. The van der Waals surface area contributed by atoms with E-state index in [1.165, 1.54) is 4.57 Å². The van der Waals surface area contributed by atoms with Gasteiger partial charge in [-0.15, -0.1) is 12.4 Å². The van der Waals surface area contributed by atoms with E-state index in [2.05, 4.69) is 26.2 Å². The van der Waals surface area contributed by atoms with Crippen LogP contribution in [0.25, 0.3) is 0 Å². The number of anilines is 2. The van der Waals surface area contributed by atoms with Gasteiger partial charge in [0, 0.05) is 30.3 Å². The zero-order chi connectivity index (χ0) is 16.1. The van der Waals surface area contributed by atoms with Crippen LogP contribution in [-0.2, 0) is 7.05 Å². The largest absolute Gasteiger partial charge is 0.476 e. The second-order valence-corrected chi connectivity index (χ2v) is 6.04. The molecule has 2 heterocycles. The van der Waals surface area contributed by atoms with Gasteiger partial charge in [-0.2, -0.15) is 4.98 Å². The van der Waals surface area contributed by atoms with Gasteiger partial charge in [0.05, 0.1) is 0 Å². The van der Waals surface area contributed by atoms with Crippen molar-refractivity contribution >= 4 is 39.8 Å². The molecule has 23 heavy (non-hydrogen) atoms. The summed E-state index contributed by atoms with van der Waals surface area (Å²) in [6.07, 6.45) is 1.71. The van der Waals surface area contributed by atoms with Gasteiger partial charge < -0.3 is 19.5 Å². The Hall–Kier alpha value is -1.57. The first-order valence-electron chi connectivity index (χ1n) is 6.83. The topological polar surface area (TPSA) is 59.4 Å². The maximum Gasteiger partial charge on any atom is 0.274 e. The summed E-state index contributed by atoms with van der Waals surface area (Å²) < 4.78 is 7.91. The third-order valence-electron chi connectivity index (χ3n) is 2.92. The maximum absolute atomic E-state index is 12.1. The molecule has 0 aliphatic rings. The second-order valence-electron chi connectivity index (χ2n) is 5.13. The summed E-state index contributed by atoms with van der Waals surface area (Å²) in [5.74, 6) is 1.09. The van der Waals surface area contributed by atoms with Gasteiger partial charge in [-0.1, -0.05) is 6.07 Å². The van der Waals surface area contributed by atoms with Crippen LogP contribution in [0.15, 0.2) is 39.7 Å². The molecule has 6 nitrogen and oxygen atoms in total. The average Bonchev–Trinajstić information content (AvgIpc) is 2.44. The van der Waals surface area contributed by atoms with Crippen molar-refractivity contribution in [3.63, 3.8) is 0 Å². The lowest BCUT2D eigenvalue weighted by atomic mass is 10.4. The molecule has 2 aromatic rings. The van der Waals surface area contributed by atoms with Crippen molar-refractivity contribution < 1.29 is 4.74 Å². The van der Waals surface area contributed by atoms with E-state index in [0.29, 0.717) is 24.0 Å². The maximum atomic E-state index is 12.1. The Morgan fingerprint density at radius 2 is 2.13 bits per heavy atom. The van der Waals surface area contributed by atoms with Crippen molar-refractivity contribution in [3.05, 3.63) is 45.3 Å². The van der Waals surface area contributed by atoms with E-state index < -0.39 is 0 Å². The van der Waals surface area contributed by atoms with Crippen molar-refractivity contribution in [2.45, 2.75) is 0 Å². The molecule has 0 fully saturated rings. The minimum atomic E-state index is -0.121. The van der Waals surface area contributed by atoms with Crippen molar-refractivity contribution in [1.82, 2.24) is 14.5 Å². The van der Waals surface area contributed by atoms with E-state index in [-0.39, 0.29) is 18.0 Å². The van der Waals surface area contributed by atoms with E-state index in [1.807, 2.05) is 25.1 Å². The smallest absolute Gasteiger partial charge is 0.274 e. The molecular weight excluding hydrogens is 384 g/mol. The van der Waals surface area contributed by atoms with Crippen LogP contribution >= 0.6 is 28.3 Å². The summed E-state index contributed by atoms with van der Waals surface area (Å²) in [7, 11) is 5.67. The van der Waals surface area contributed by atoms with E-state index in [4.69, 9.17) is 4.74 Å². The van der Waals surface area contributed by atoms with Crippen LogP contribution in [0.5, 0.6) is 5.88 Å². The predicted octanol–water partition coefficient (Wildman–Crippen LogP) is 2.65. The van der Waals surface area contributed by atoms with E-state index in [9.17, 15) is 4.79 Å². The molecule has 2 rings (SSSR count). The van der Waals surface area contributed by atoms with Crippen molar-refractivity contribution in [2.24, 2.45) is 7.05 Å². The number of halogens is 2. The molecule has 0 bridgehead atoms. The second kappa shape index (κ2) is 8.90. The van der Waals surface area contributed by atoms with Crippen LogP contribution in [0.1, 0.15) is 0 Å². The number of likely N-dealkylation sites (N-methyl/N-ethyl adjacent to an activating group) is 1. The molecule has 0 saturated heterocycles. The first-order chi connectivity index (χ1) is 10.5. The fraction of sp³-hybridized carbons (Fsp3) is 0.333. The molecule has 0 atom stereocenters. The summed E-state index contributed by atoms with van der Waals surface area (Å²) >= 11 is 3.37. The van der Waals surface area contributed by atoms with E-state index in [0.717, 1.165) is 11.0 Å². The molecular formula is C15H20BrClN4O2. The van der Waals surface area contributed by atoms with Crippen molar-refractivity contribution in [1.29, 1.82) is 0 Å². The van der Waals surface area contributed by atoms with Gasteiger partial charge in [-0.05, 0) is 42.2 Å². The first-order valence-corrected chi connectivity index (χ1v) is 7.63. The highest BCUT2D eigenvalue weighted by Gasteiger charge is 2.06. The van der Waals surface area contributed by atoms with Crippen LogP contribution < -0.4 is 15.6 Å². The van der Waals surface area contributed by atoms with Crippen LogP contribution in [0.4, 0.5) is 11.5 Å². The lowest BCUT2D eigenvalue weighted by Gasteiger charge is -2.12. The summed E-state index contributed by atoms with van der Waals surface area (Å²) in [4.78, 5) is 18.5. The van der Waals surface area contributed by atoms with E-state index >= 15 is 0 Å². The molecule has 0 radical (unpaired) electrons. The average molecular weight is 404 g/mol. The standard InChI is InChI=1S/C15H19BrN4O2.ClH/c1-19(2)7-8-22-14-6-4-5-13(18-14)17-12-9-11(16)10-20(3)15(12)21;/h4-6,9-10H,7-8H2,1-3H3,(H,17,18);1H. The molecule has 0 saturated carbocycles. The number of hydrogen-bond acceptors (Lipinski definition) is 5. The Labute approximate surface area is 150 Å². The Balaban J connectivity index is 0.00000264. The number of nitrogens with zero attached hydrogens (tertiary/aromatic N) is 3. The Morgan fingerprint density at radius 3 is 2.83 bits per heavy atom. The quantitative estimate of drug-likeness (QED) is 0.803. The highest BCUT2D eigenvalue weighted by Crippen LogP contribution is 2.17. The Bertz CT molecular complexity index is 706. The van der Waals surface area contributed by atoms with E-state index in [1.54, 1.807) is 31.4 Å². The number of nitrogens with one attached hydrogen (secondary N) is 1. The highest BCUT2D eigenvalue weighted by molar-refractivity contribution is 9.10. The van der Waals surface area contributed by atoms with Crippen molar-refractivity contribution in [2.75, 3.05) is 32.6 Å². The fourth-order valence-electron chi connectivity index (χ4n) is 1.80. The van der Waals surface area contributed by atoms with Gasteiger partial charge in [0.2, 0.25) is 5.88 Å². The molecule has 0 aliphatic carbocycles. The summed E-state index contributed by atoms with van der Waals surface area (Å²) in [6.45, 7) is 1.37. The van der Waals surface area contributed by atoms with Gasteiger partial charge in [0.15, 0.2) is 0 Å². The predicted molar refractivity (Wildman–Crippen MR) is 98.2 cm³/mol. The van der Waals surface area contributed by atoms with Gasteiger partial charge in [-0.3, -0.25) is 4.79 Å². The van der Waals surface area contributed by atoms with Gasteiger partial charge >= 0.3 is 0 Å². The summed E-state index contributed by atoms with van der Waals surface area (Å²) in [5.41, 5.74) is 0.332. The minimum absolute atomic E-state index is 0. The minimum Gasteiger partial charge on any atom is -0.476 e. The van der Waals surface area contributed by atoms with Crippen molar-refractivity contribution in [3.8, 4) is 5.88 Å². The lowest BCUT2D eigenvalue weighted by Crippen LogP contribution is -2.20. The number of hydrogen-bond donors (Lipinski definition) is 1. The normalized spacial score (nSPS) is 10.3. The molecule has 2 aromatic heterocycles. The third-order valence-corrected chi connectivity index (χ3v) is 3.36. The number of aromatic nitrogens is 2. The van der Waals surface area contributed by atoms with Crippen LogP contribution in [0.2, 0.25) is 0 Å². The Kier molecular flexibility index (Phi) is 7.54. The molecule has 0 aliphatic heterocycles. The molecule has 0 aromatic carbocycles. The van der Waals surface area contributed by atoms with Gasteiger partial charge in [0.25, 0.3) is 5.56 Å². The molecule has 0 spiro atoms. The van der Waals surface area contributed by atoms with Gasteiger partial charge in [0.1, 0.15) is 18.1 Å². The molecule has 0 unspecified atom stereocenters. The number of ether oxygens (including phenoxy) is 1. The number of rotatable bonds is 6. The summed E-state index contributed by atoms with van der Waals surface area (Å²) in [6, 6.07) is 7.14. The van der Waals surface area contributed by atoms with Crippen LogP contribution in [0.3, 0.4) is 0 Å². The number of aryl methyl sites for hydroxylation is 1. The first kappa shape index (κ1) is 19.5. The van der Waals surface area contributed by atoms with Crippen LogP contribution in [0, 0.1) is 0 Å². The molecule has 8 heteroatoms. The SMILES string of the molecule is CN(C)CCOc1cccc(Nc2cc(Br)cn(C)c2=O)n1.Cl. The fourth-order valence-corrected chi connectivity index (χ4v) is 2.33. The monoisotopic (exact) mass is 402 g/mol. The van der Waals surface area contributed by atoms with Crippen LogP contribution in [-0.4, -0.2) is 41.7 Å². The zero-order valence-corrected chi connectivity index (χ0v) is 15.6. The number of pyridine rings is 2. The highest BCUT2D eigenvalue weighted by atomic mass is 79.9. The lowest BCUT2D eigenvalue weighted by molar-refractivity contribution is 0.254. The van der Waals surface area contributed by atoms with Gasteiger partial charge in [-0.25, -0.2) is 0 Å². The molecule has 0 amide bonds. The third kappa shape index (κ3) is 5.85. The zero-order valence-electron chi connectivity index (χ0n) is 13.2. The molecule has 1 N–H and O–H groups in total. The molecule has 126 valence electrons. The Morgan fingerprint density at radius 1 is 1.39 bits per heavy atom.